The van der Waals surface area contributed by atoms with Gasteiger partial charge in [-0.3, -0.25) is 9.59 Å². The molecule has 0 radical (unpaired) electrons. The Labute approximate surface area is 188 Å². The van der Waals surface area contributed by atoms with Crippen LogP contribution in [0, 0.1) is 0 Å². The maximum atomic E-state index is 12.6. The molecule has 1 N–H and O–H groups in total. The van der Waals surface area contributed by atoms with Crippen molar-refractivity contribution in [3.63, 3.8) is 0 Å². The van der Waals surface area contributed by atoms with Gasteiger partial charge in [-0.2, -0.15) is 0 Å². The average molecular weight is 454 g/mol. The van der Waals surface area contributed by atoms with Gasteiger partial charge in [-0.25, -0.2) is 0 Å². The first kappa shape index (κ1) is 23.1. The highest BCUT2D eigenvalue weighted by atomic mass is 35.5. The molecule has 2 aliphatic heterocycles. The molecule has 2 saturated heterocycles. The predicted octanol–water partition coefficient (Wildman–Crippen LogP) is 2.91. The number of nitrogens with zero attached hydrogens (tertiary/aromatic N) is 3. The first-order valence-corrected chi connectivity index (χ1v) is 11.3. The van der Waals surface area contributed by atoms with Gasteiger partial charge in [0.25, 0.3) is 0 Å². The molecule has 0 bridgehead atoms. The first-order valence-electron chi connectivity index (χ1n) is 10.5. The van der Waals surface area contributed by atoms with Crippen LogP contribution in [0.3, 0.4) is 0 Å². The highest BCUT2D eigenvalue weighted by Gasteiger charge is 2.23. The summed E-state index contributed by atoms with van der Waals surface area (Å²) < 4.78 is 0. The Hall–Kier alpha value is -1.60. The van der Waals surface area contributed by atoms with Crippen molar-refractivity contribution in [2.45, 2.75) is 31.8 Å². The van der Waals surface area contributed by atoms with Crippen molar-refractivity contribution in [2.75, 3.05) is 45.8 Å². The van der Waals surface area contributed by atoms with Crippen LogP contribution >= 0.6 is 23.2 Å². The van der Waals surface area contributed by atoms with Crippen LogP contribution < -0.4 is 0 Å². The lowest BCUT2D eigenvalue weighted by molar-refractivity contribution is -0.130. The average Bonchev–Trinajstić information content (AvgIpc) is 2.91. The number of aliphatic hydroxyl groups is 1. The van der Waals surface area contributed by atoms with Gasteiger partial charge < -0.3 is 19.8 Å². The molecule has 8 heteroatoms. The molecular formula is C22H29Cl2N3O3. The lowest BCUT2D eigenvalue weighted by Crippen LogP contribution is -2.40. The zero-order chi connectivity index (χ0) is 21.5. The zero-order valence-corrected chi connectivity index (χ0v) is 18.6. The van der Waals surface area contributed by atoms with E-state index in [1.165, 1.54) is 6.08 Å². The second-order valence-corrected chi connectivity index (χ2v) is 8.73. The van der Waals surface area contributed by atoms with Crippen molar-refractivity contribution in [1.82, 2.24) is 14.7 Å². The molecule has 2 fully saturated rings. The van der Waals surface area contributed by atoms with Gasteiger partial charge in [0.2, 0.25) is 11.8 Å². The number of amides is 2. The number of piperidine rings is 1. The second-order valence-electron chi connectivity index (χ2n) is 7.91. The van der Waals surface area contributed by atoms with E-state index >= 15 is 0 Å². The van der Waals surface area contributed by atoms with Gasteiger partial charge in [-0.15, -0.1) is 0 Å². The van der Waals surface area contributed by atoms with Crippen LogP contribution in [0.2, 0.25) is 10.0 Å². The minimum atomic E-state index is -0.227. The number of β-amino-alcohol motifs (C(OH)–C–C–N with tert-alkyl or cyclic N) is 1. The molecule has 0 saturated carbocycles. The molecule has 1 aromatic rings. The standard InChI is InChI=1S/C22H29Cl2N3O3/c23-19-6-4-17(15-20(19)24)5-7-21(29)27-12-8-22(30)26(13-14-27)11-2-10-25-9-1-3-18(28)16-25/h4-7,15,18,28H,1-3,8-14,16H2. The third-order valence-electron chi connectivity index (χ3n) is 5.64. The Morgan fingerprint density at radius 2 is 1.97 bits per heavy atom. The zero-order valence-electron chi connectivity index (χ0n) is 17.1. The monoisotopic (exact) mass is 453 g/mol. The van der Waals surface area contributed by atoms with Gasteiger partial charge in [0.05, 0.1) is 16.1 Å². The second kappa shape index (κ2) is 11.1. The molecular weight excluding hydrogens is 425 g/mol. The fraction of sp³-hybridized carbons (Fsp3) is 0.545. The number of rotatable bonds is 6. The molecule has 164 valence electrons. The molecule has 2 amide bonds. The van der Waals surface area contributed by atoms with E-state index in [0.717, 1.165) is 44.5 Å². The third kappa shape index (κ3) is 6.71. The normalized spacial score (nSPS) is 21.3. The molecule has 0 spiro atoms. The first-order chi connectivity index (χ1) is 14.4. The van der Waals surface area contributed by atoms with Gasteiger partial charge in [0, 0.05) is 45.2 Å². The molecule has 2 heterocycles. The molecule has 0 aliphatic carbocycles. The number of likely N-dealkylation sites (tertiary alicyclic amines) is 1. The number of carbonyl (C=O) groups excluding carboxylic acids is 2. The van der Waals surface area contributed by atoms with Crippen molar-refractivity contribution in [2.24, 2.45) is 0 Å². The lowest BCUT2D eigenvalue weighted by atomic mass is 10.1. The highest BCUT2D eigenvalue weighted by Crippen LogP contribution is 2.23. The SMILES string of the molecule is O=C(C=Cc1ccc(Cl)c(Cl)c1)N1CCC(=O)N(CCCN2CCCC(O)C2)CC1. The van der Waals surface area contributed by atoms with Gasteiger partial charge in [0.1, 0.15) is 0 Å². The maximum absolute atomic E-state index is 12.6. The van der Waals surface area contributed by atoms with Crippen LogP contribution in [0.25, 0.3) is 6.08 Å². The summed E-state index contributed by atoms with van der Waals surface area (Å²) >= 11 is 11.9. The lowest BCUT2D eigenvalue weighted by Gasteiger charge is -2.30. The minimum absolute atomic E-state index is 0.0949. The molecule has 1 aromatic carbocycles. The largest absolute Gasteiger partial charge is 0.392 e. The van der Waals surface area contributed by atoms with E-state index in [0.29, 0.717) is 42.6 Å². The minimum Gasteiger partial charge on any atom is -0.392 e. The smallest absolute Gasteiger partial charge is 0.246 e. The van der Waals surface area contributed by atoms with Gasteiger partial charge in [-0.05, 0) is 56.1 Å². The van der Waals surface area contributed by atoms with Crippen LogP contribution in [0.1, 0.15) is 31.2 Å². The fourth-order valence-corrected chi connectivity index (χ4v) is 4.24. The number of benzene rings is 1. The third-order valence-corrected chi connectivity index (χ3v) is 6.38. The van der Waals surface area contributed by atoms with Crippen molar-refractivity contribution in [3.8, 4) is 0 Å². The molecule has 0 aromatic heterocycles. The Bertz CT molecular complexity index is 787. The van der Waals surface area contributed by atoms with Crippen molar-refractivity contribution >= 4 is 41.1 Å². The fourth-order valence-electron chi connectivity index (χ4n) is 3.93. The van der Waals surface area contributed by atoms with Crippen LogP contribution in [0.4, 0.5) is 0 Å². The van der Waals surface area contributed by atoms with Crippen molar-refractivity contribution < 1.29 is 14.7 Å². The summed E-state index contributed by atoms with van der Waals surface area (Å²) in [5.74, 6) is -0.0181. The summed E-state index contributed by atoms with van der Waals surface area (Å²) in [6, 6.07) is 5.21. The van der Waals surface area contributed by atoms with E-state index in [1.807, 2.05) is 4.90 Å². The predicted molar refractivity (Wildman–Crippen MR) is 120 cm³/mol. The highest BCUT2D eigenvalue weighted by molar-refractivity contribution is 6.42. The van der Waals surface area contributed by atoms with Crippen LogP contribution in [0.15, 0.2) is 24.3 Å². The van der Waals surface area contributed by atoms with E-state index in [9.17, 15) is 14.7 Å². The van der Waals surface area contributed by atoms with E-state index in [1.54, 1.807) is 29.2 Å². The van der Waals surface area contributed by atoms with E-state index in [-0.39, 0.29) is 17.9 Å². The summed E-state index contributed by atoms with van der Waals surface area (Å²) in [6.45, 7) is 4.81. The van der Waals surface area contributed by atoms with Crippen LogP contribution in [0.5, 0.6) is 0 Å². The number of hydrogen-bond donors (Lipinski definition) is 1. The topological polar surface area (TPSA) is 64.1 Å². The molecule has 3 rings (SSSR count). The molecule has 2 aliphatic rings. The van der Waals surface area contributed by atoms with E-state index in [4.69, 9.17) is 23.2 Å². The van der Waals surface area contributed by atoms with E-state index < -0.39 is 0 Å². The summed E-state index contributed by atoms with van der Waals surface area (Å²) in [7, 11) is 0. The Morgan fingerprint density at radius 3 is 2.73 bits per heavy atom. The summed E-state index contributed by atoms with van der Waals surface area (Å²) in [5, 5.41) is 10.7. The molecule has 1 unspecified atom stereocenters. The van der Waals surface area contributed by atoms with Crippen LogP contribution in [-0.2, 0) is 9.59 Å². The number of aliphatic hydroxyl groups excluding tert-OH is 1. The van der Waals surface area contributed by atoms with Gasteiger partial charge in [0.15, 0.2) is 0 Å². The van der Waals surface area contributed by atoms with Gasteiger partial charge >= 0.3 is 0 Å². The Kier molecular flexibility index (Phi) is 8.57. The summed E-state index contributed by atoms with van der Waals surface area (Å²) in [6.07, 6.45) is 6.12. The van der Waals surface area contributed by atoms with Gasteiger partial charge in [-0.1, -0.05) is 29.3 Å². The number of hydrogen-bond acceptors (Lipinski definition) is 4. The maximum Gasteiger partial charge on any atom is 0.246 e. The number of halogens is 2. The number of carbonyl (C=O) groups is 2. The van der Waals surface area contributed by atoms with E-state index in [2.05, 4.69) is 4.90 Å². The van der Waals surface area contributed by atoms with Crippen molar-refractivity contribution in [3.05, 3.63) is 39.9 Å². The molecule has 1 atom stereocenters. The Balaban J connectivity index is 1.46. The summed E-state index contributed by atoms with van der Waals surface area (Å²) in [5.41, 5.74) is 0.799. The Morgan fingerprint density at radius 1 is 1.13 bits per heavy atom. The van der Waals surface area contributed by atoms with Crippen LogP contribution in [-0.4, -0.2) is 83.5 Å². The van der Waals surface area contributed by atoms with Crippen molar-refractivity contribution in [1.29, 1.82) is 0 Å². The summed E-state index contributed by atoms with van der Waals surface area (Å²) in [4.78, 5) is 30.9. The molecule has 30 heavy (non-hydrogen) atoms. The molecule has 6 nitrogen and oxygen atoms in total. The quantitative estimate of drug-likeness (QED) is 0.672.